The summed E-state index contributed by atoms with van der Waals surface area (Å²) in [5.41, 5.74) is 6.58. The van der Waals surface area contributed by atoms with Crippen molar-refractivity contribution < 1.29 is 19.0 Å². The lowest BCUT2D eigenvalue weighted by atomic mass is 10.1. The number of hydrogen-bond donors (Lipinski definition) is 1. The average Bonchev–Trinajstić information content (AvgIpc) is 2.82. The number of methoxy groups -OCH3 is 2. The van der Waals surface area contributed by atoms with Gasteiger partial charge in [-0.05, 0) is 60.5 Å². The largest absolute Gasteiger partial charge is 0.496 e. The van der Waals surface area contributed by atoms with Gasteiger partial charge in [0.2, 0.25) is 0 Å². The molecule has 0 radical (unpaired) electrons. The molecule has 3 rings (SSSR count). The van der Waals surface area contributed by atoms with Crippen molar-refractivity contribution in [1.82, 2.24) is 5.43 Å². The number of rotatable bonds is 9. The van der Waals surface area contributed by atoms with Crippen LogP contribution in [-0.2, 0) is 18.0 Å². The Bertz CT molecular complexity index is 1030. The van der Waals surface area contributed by atoms with Gasteiger partial charge >= 0.3 is 0 Å². The molecule has 6 nitrogen and oxygen atoms in total. The topological polar surface area (TPSA) is 69.2 Å². The van der Waals surface area contributed by atoms with Crippen LogP contribution in [0.4, 0.5) is 0 Å². The third kappa shape index (κ3) is 6.17. The highest BCUT2D eigenvalue weighted by molar-refractivity contribution is 6.01. The van der Waals surface area contributed by atoms with Crippen molar-refractivity contribution >= 4 is 11.6 Å². The first kappa shape index (κ1) is 22.1. The summed E-state index contributed by atoms with van der Waals surface area (Å²) < 4.78 is 16.3. The number of para-hydroxylation sites is 1. The smallest absolute Gasteiger partial charge is 0.271 e. The molecular formula is C25H26N2O4. The number of nitrogens with zero attached hydrogens (tertiary/aromatic N) is 1. The SMILES string of the molecule is COCc1cc(/C(C)=N\NC(=O)c2ccc(COc3ccccc3)cc2)ccc1OC. The average molecular weight is 418 g/mol. The van der Waals surface area contributed by atoms with Gasteiger partial charge in [0.05, 0.1) is 19.4 Å². The minimum absolute atomic E-state index is 0.277. The number of amides is 1. The molecule has 1 N–H and O–H groups in total. The lowest BCUT2D eigenvalue weighted by Crippen LogP contribution is -2.19. The molecule has 0 aromatic heterocycles. The van der Waals surface area contributed by atoms with Gasteiger partial charge < -0.3 is 14.2 Å². The highest BCUT2D eigenvalue weighted by Crippen LogP contribution is 2.21. The Balaban J connectivity index is 1.60. The molecule has 0 saturated carbocycles. The predicted octanol–water partition coefficient (Wildman–Crippen LogP) is 4.57. The molecule has 0 unspecified atom stereocenters. The fourth-order valence-corrected chi connectivity index (χ4v) is 2.97. The number of benzene rings is 3. The van der Waals surface area contributed by atoms with Crippen molar-refractivity contribution in [1.29, 1.82) is 0 Å². The summed E-state index contributed by atoms with van der Waals surface area (Å²) in [7, 11) is 3.25. The molecule has 0 aliphatic carbocycles. The number of hydrogen-bond acceptors (Lipinski definition) is 5. The minimum atomic E-state index is -0.277. The molecule has 0 fully saturated rings. The van der Waals surface area contributed by atoms with E-state index in [0.29, 0.717) is 24.5 Å². The zero-order valence-electron chi connectivity index (χ0n) is 17.9. The van der Waals surface area contributed by atoms with Gasteiger partial charge in [0, 0.05) is 18.2 Å². The summed E-state index contributed by atoms with van der Waals surface area (Å²) in [6.45, 7) is 2.70. The Kier molecular flexibility index (Phi) is 7.79. The first-order valence-electron chi connectivity index (χ1n) is 9.88. The second-order valence-electron chi connectivity index (χ2n) is 6.90. The van der Waals surface area contributed by atoms with Crippen molar-refractivity contribution in [3.63, 3.8) is 0 Å². The maximum Gasteiger partial charge on any atom is 0.271 e. The molecule has 31 heavy (non-hydrogen) atoms. The van der Waals surface area contributed by atoms with Gasteiger partial charge in [-0.1, -0.05) is 30.3 Å². The van der Waals surface area contributed by atoms with E-state index in [-0.39, 0.29) is 5.91 Å². The second kappa shape index (κ2) is 10.9. The van der Waals surface area contributed by atoms with Crippen LogP contribution in [0, 0.1) is 0 Å². The number of carbonyl (C=O) groups is 1. The molecule has 3 aromatic rings. The first-order valence-corrected chi connectivity index (χ1v) is 9.88. The van der Waals surface area contributed by atoms with Crippen LogP contribution in [0.15, 0.2) is 77.9 Å². The van der Waals surface area contributed by atoms with Crippen LogP contribution in [0.5, 0.6) is 11.5 Å². The van der Waals surface area contributed by atoms with E-state index >= 15 is 0 Å². The fourth-order valence-electron chi connectivity index (χ4n) is 2.97. The summed E-state index contributed by atoms with van der Waals surface area (Å²) >= 11 is 0. The van der Waals surface area contributed by atoms with Gasteiger partial charge in [0.25, 0.3) is 5.91 Å². The fraction of sp³-hybridized carbons (Fsp3) is 0.200. The molecule has 0 atom stereocenters. The van der Waals surface area contributed by atoms with Crippen molar-refractivity contribution in [3.05, 3.63) is 95.1 Å². The minimum Gasteiger partial charge on any atom is -0.496 e. The summed E-state index contributed by atoms with van der Waals surface area (Å²) in [6.07, 6.45) is 0. The van der Waals surface area contributed by atoms with Gasteiger partial charge in [-0.25, -0.2) is 5.43 Å². The summed E-state index contributed by atoms with van der Waals surface area (Å²) in [6, 6.07) is 22.6. The Morgan fingerprint density at radius 3 is 2.29 bits per heavy atom. The molecule has 0 aliphatic heterocycles. The Morgan fingerprint density at radius 2 is 1.61 bits per heavy atom. The highest BCUT2D eigenvalue weighted by Gasteiger charge is 2.08. The van der Waals surface area contributed by atoms with E-state index in [2.05, 4.69) is 10.5 Å². The van der Waals surface area contributed by atoms with Gasteiger partial charge in [0.1, 0.15) is 18.1 Å². The van der Waals surface area contributed by atoms with E-state index in [0.717, 1.165) is 28.2 Å². The van der Waals surface area contributed by atoms with E-state index in [1.807, 2.05) is 67.6 Å². The lowest BCUT2D eigenvalue weighted by molar-refractivity contribution is 0.0954. The van der Waals surface area contributed by atoms with Crippen LogP contribution in [-0.4, -0.2) is 25.8 Å². The quantitative estimate of drug-likeness (QED) is 0.408. The van der Waals surface area contributed by atoms with E-state index in [9.17, 15) is 4.79 Å². The number of hydrazone groups is 1. The molecule has 6 heteroatoms. The predicted molar refractivity (Wildman–Crippen MR) is 121 cm³/mol. The Hall–Kier alpha value is -3.64. The van der Waals surface area contributed by atoms with Crippen LogP contribution in [0.1, 0.15) is 34.0 Å². The molecule has 3 aromatic carbocycles. The van der Waals surface area contributed by atoms with Gasteiger partial charge in [-0.15, -0.1) is 0 Å². The third-order valence-electron chi connectivity index (χ3n) is 4.69. The Morgan fingerprint density at radius 1 is 0.903 bits per heavy atom. The van der Waals surface area contributed by atoms with Gasteiger partial charge in [-0.2, -0.15) is 5.10 Å². The van der Waals surface area contributed by atoms with Gasteiger partial charge in [-0.3, -0.25) is 4.79 Å². The van der Waals surface area contributed by atoms with Crippen LogP contribution in [0.2, 0.25) is 0 Å². The number of carbonyl (C=O) groups excluding carboxylic acids is 1. The monoisotopic (exact) mass is 418 g/mol. The molecule has 0 aliphatic rings. The van der Waals surface area contributed by atoms with E-state index < -0.39 is 0 Å². The maximum absolute atomic E-state index is 12.5. The van der Waals surface area contributed by atoms with Crippen molar-refractivity contribution in [2.45, 2.75) is 20.1 Å². The van der Waals surface area contributed by atoms with E-state index in [4.69, 9.17) is 14.2 Å². The summed E-state index contributed by atoms with van der Waals surface area (Å²) in [5, 5.41) is 4.24. The second-order valence-corrected chi connectivity index (χ2v) is 6.90. The highest BCUT2D eigenvalue weighted by atomic mass is 16.5. The van der Waals surface area contributed by atoms with E-state index in [1.54, 1.807) is 26.4 Å². The van der Waals surface area contributed by atoms with E-state index in [1.165, 1.54) is 0 Å². The van der Waals surface area contributed by atoms with Crippen molar-refractivity contribution in [2.75, 3.05) is 14.2 Å². The molecule has 0 bridgehead atoms. The number of nitrogens with one attached hydrogen (secondary N) is 1. The molecule has 1 amide bonds. The van der Waals surface area contributed by atoms with Crippen LogP contribution in [0.3, 0.4) is 0 Å². The summed E-state index contributed by atoms with van der Waals surface area (Å²) in [4.78, 5) is 12.5. The molecule has 160 valence electrons. The maximum atomic E-state index is 12.5. The standard InChI is InChI=1S/C25H26N2O4/c1-18(21-13-14-24(30-3)22(15-21)17-29-2)26-27-25(28)20-11-9-19(10-12-20)16-31-23-7-5-4-6-8-23/h4-15H,16-17H2,1-3H3,(H,27,28)/b26-18-. The molecule has 0 saturated heterocycles. The molecular weight excluding hydrogens is 392 g/mol. The van der Waals surface area contributed by atoms with Crippen LogP contribution >= 0.6 is 0 Å². The van der Waals surface area contributed by atoms with Crippen LogP contribution < -0.4 is 14.9 Å². The van der Waals surface area contributed by atoms with Crippen molar-refractivity contribution in [2.24, 2.45) is 5.10 Å². The zero-order chi connectivity index (χ0) is 22.1. The van der Waals surface area contributed by atoms with Gasteiger partial charge in [0.15, 0.2) is 0 Å². The summed E-state index contributed by atoms with van der Waals surface area (Å²) in [5.74, 6) is 1.28. The third-order valence-corrected chi connectivity index (χ3v) is 4.69. The number of ether oxygens (including phenoxy) is 3. The molecule has 0 heterocycles. The normalized spacial score (nSPS) is 11.1. The Labute approximate surface area is 182 Å². The first-order chi connectivity index (χ1) is 15.1. The molecule has 0 spiro atoms. The zero-order valence-corrected chi connectivity index (χ0v) is 17.9. The van der Waals surface area contributed by atoms with Crippen LogP contribution in [0.25, 0.3) is 0 Å². The lowest BCUT2D eigenvalue weighted by Gasteiger charge is -2.10. The van der Waals surface area contributed by atoms with Crippen molar-refractivity contribution in [3.8, 4) is 11.5 Å².